The predicted octanol–water partition coefficient (Wildman–Crippen LogP) is 1.88. The minimum atomic E-state index is -0.785. The molecule has 3 amide bonds. The van der Waals surface area contributed by atoms with Crippen molar-refractivity contribution in [3.05, 3.63) is 48.0 Å². The quantitative estimate of drug-likeness (QED) is 0.765. The van der Waals surface area contributed by atoms with Gasteiger partial charge in [-0.25, -0.2) is 0 Å². The van der Waals surface area contributed by atoms with Crippen LogP contribution in [0.5, 0.6) is 11.5 Å². The lowest BCUT2D eigenvalue weighted by molar-refractivity contribution is -0.118. The summed E-state index contributed by atoms with van der Waals surface area (Å²) in [6, 6.07) is 11.1. The summed E-state index contributed by atoms with van der Waals surface area (Å²) in [7, 11) is 0. The molecule has 1 unspecified atom stereocenters. The van der Waals surface area contributed by atoms with Crippen LogP contribution in [-0.4, -0.2) is 30.6 Å². The largest absolute Gasteiger partial charge is 0.454 e. The van der Waals surface area contributed by atoms with E-state index in [2.05, 4.69) is 16.0 Å². The molecule has 27 heavy (non-hydrogen) atoms. The second kappa shape index (κ2) is 6.99. The fourth-order valence-corrected chi connectivity index (χ4v) is 2.99. The standard InChI is InChI=1S/C19H17N3O5/c23-17(20-11-5-7-15-16(9-11)27-10-26-15)8-6-14-19(25)21-13-4-2-1-3-12(13)18(24)22-14/h1-5,7,9,14H,6,8,10H2,(H,20,23)(H,21,25)(H,22,24). The molecule has 138 valence electrons. The van der Waals surface area contributed by atoms with E-state index in [0.717, 1.165) is 0 Å². The summed E-state index contributed by atoms with van der Waals surface area (Å²) in [5, 5.41) is 8.14. The molecule has 8 nitrogen and oxygen atoms in total. The average molecular weight is 367 g/mol. The number of ether oxygens (including phenoxy) is 2. The van der Waals surface area contributed by atoms with E-state index < -0.39 is 6.04 Å². The SMILES string of the molecule is O=C(CCC1NC(=O)c2ccccc2NC1=O)Nc1ccc2c(c1)OCO2. The molecule has 2 heterocycles. The fraction of sp³-hybridized carbons (Fsp3) is 0.211. The third-order valence-corrected chi connectivity index (χ3v) is 4.37. The van der Waals surface area contributed by atoms with Crippen molar-refractivity contribution in [1.29, 1.82) is 0 Å². The highest BCUT2D eigenvalue weighted by atomic mass is 16.7. The van der Waals surface area contributed by atoms with E-state index in [9.17, 15) is 14.4 Å². The van der Waals surface area contributed by atoms with Crippen LogP contribution in [0, 0.1) is 0 Å². The second-order valence-corrected chi connectivity index (χ2v) is 6.22. The first-order valence-electron chi connectivity index (χ1n) is 8.50. The molecule has 0 radical (unpaired) electrons. The van der Waals surface area contributed by atoms with E-state index in [1.807, 2.05) is 0 Å². The molecule has 0 bridgehead atoms. The zero-order chi connectivity index (χ0) is 18.8. The van der Waals surface area contributed by atoms with Crippen LogP contribution >= 0.6 is 0 Å². The Hall–Kier alpha value is -3.55. The number of hydrogen-bond donors (Lipinski definition) is 3. The number of para-hydroxylation sites is 1. The maximum Gasteiger partial charge on any atom is 0.254 e. The monoisotopic (exact) mass is 367 g/mol. The van der Waals surface area contributed by atoms with E-state index in [4.69, 9.17) is 9.47 Å². The van der Waals surface area contributed by atoms with Gasteiger partial charge in [-0.3, -0.25) is 14.4 Å². The number of nitrogens with one attached hydrogen (secondary N) is 3. The smallest absolute Gasteiger partial charge is 0.254 e. The van der Waals surface area contributed by atoms with Gasteiger partial charge >= 0.3 is 0 Å². The number of anilines is 2. The molecule has 2 aliphatic rings. The lowest BCUT2D eigenvalue weighted by Gasteiger charge is -2.14. The highest BCUT2D eigenvalue weighted by molar-refractivity contribution is 6.10. The molecule has 0 saturated carbocycles. The van der Waals surface area contributed by atoms with Crippen LogP contribution in [0.15, 0.2) is 42.5 Å². The molecule has 0 aromatic heterocycles. The van der Waals surface area contributed by atoms with Crippen LogP contribution < -0.4 is 25.4 Å². The minimum absolute atomic E-state index is 0.0726. The first-order chi connectivity index (χ1) is 13.1. The zero-order valence-electron chi connectivity index (χ0n) is 14.3. The molecule has 0 aliphatic carbocycles. The van der Waals surface area contributed by atoms with Crippen molar-refractivity contribution in [3.8, 4) is 11.5 Å². The van der Waals surface area contributed by atoms with E-state index in [1.165, 1.54) is 0 Å². The summed E-state index contributed by atoms with van der Waals surface area (Å²) >= 11 is 0. The van der Waals surface area contributed by atoms with Gasteiger partial charge in [0.05, 0.1) is 11.3 Å². The normalized spacial score (nSPS) is 17.4. The second-order valence-electron chi connectivity index (χ2n) is 6.22. The van der Waals surface area contributed by atoms with Gasteiger partial charge in [-0.2, -0.15) is 0 Å². The first-order valence-corrected chi connectivity index (χ1v) is 8.50. The lowest BCUT2D eigenvalue weighted by Crippen LogP contribution is -2.41. The molecular formula is C19H17N3O5. The number of hydrogen-bond acceptors (Lipinski definition) is 5. The highest BCUT2D eigenvalue weighted by Gasteiger charge is 2.27. The van der Waals surface area contributed by atoms with E-state index in [0.29, 0.717) is 28.4 Å². The van der Waals surface area contributed by atoms with Gasteiger partial charge in [0.1, 0.15) is 6.04 Å². The number of fused-ring (bicyclic) bond motifs is 2. The minimum Gasteiger partial charge on any atom is -0.454 e. The Morgan fingerprint density at radius 2 is 1.93 bits per heavy atom. The summed E-state index contributed by atoms with van der Waals surface area (Å²) < 4.78 is 10.5. The van der Waals surface area contributed by atoms with E-state index >= 15 is 0 Å². The van der Waals surface area contributed by atoms with Crippen molar-refractivity contribution in [2.45, 2.75) is 18.9 Å². The Balaban J connectivity index is 1.36. The molecule has 8 heteroatoms. The Morgan fingerprint density at radius 1 is 1.11 bits per heavy atom. The number of carbonyl (C=O) groups is 3. The van der Waals surface area contributed by atoms with Crippen LogP contribution in [0.1, 0.15) is 23.2 Å². The zero-order valence-corrected chi connectivity index (χ0v) is 14.3. The Bertz CT molecular complexity index is 927. The molecule has 4 rings (SSSR count). The third-order valence-electron chi connectivity index (χ3n) is 4.37. The van der Waals surface area contributed by atoms with Crippen molar-refractivity contribution >= 4 is 29.1 Å². The Kier molecular flexibility index (Phi) is 4.37. The van der Waals surface area contributed by atoms with Crippen LogP contribution in [-0.2, 0) is 9.59 Å². The van der Waals surface area contributed by atoms with Gasteiger partial charge in [-0.1, -0.05) is 12.1 Å². The number of amides is 3. The number of rotatable bonds is 4. The van der Waals surface area contributed by atoms with Crippen LogP contribution in [0.2, 0.25) is 0 Å². The fourth-order valence-electron chi connectivity index (χ4n) is 2.99. The van der Waals surface area contributed by atoms with Crippen LogP contribution in [0.25, 0.3) is 0 Å². The predicted molar refractivity (Wildman–Crippen MR) is 96.8 cm³/mol. The lowest BCUT2D eigenvalue weighted by atomic mass is 10.1. The summed E-state index contributed by atoms with van der Waals surface area (Å²) in [5.74, 6) is 0.248. The maximum atomic E-state index is 12.3. The summed E-state index contributed by atoms with van der Waals surface area (Å²) in [6.07, 6.45) is 0.255. The molecule has 1 atom stereocenters. The van der Waals surface area contributed by atoms with Crippen LogP contribution in [0.4, 0.5) is 11.4 Å². The van der Waals surface area contributed by atoms with Gasteiger partial charge in [-0.15, -0.1) is 0 Å². The van der Waals surface area contributed by atoms with Crippen LogP contribution in [0.3, 0.4) is 0 Å². The maximum absolute atomic E-state index is 12.3. The van der Waals surface area contributed by atoms with Gasteiger partial charge in [0, 0.05) is 18.2 Å². The van der Waals surface area contributed by atoms with Crippen molar-refractivity contribution in [2.24, 2.45) is 0 Å². The van der Waals surface area contributed by atoms with Gasteiger partial charge < -0.3 is 25.4 Å². The molecule has 2 aliphatic heterocycles. The number of carbonyl (C=O) groups excluding carboxylic acids is 3. The van der Waals surface area contributed by atoms with Gasteiger partial charge in [0.2, 0.25) is 18.6 Å². The summed E-state index contributed by atoms with van der Waals surface area (Å²) in [4.78, 5) is 36.8. The van der Waals surface area contributed by atoms with E-state index in [-0.39, 0.29) is 37.4 Å². The Labute approximate surface area is 154 Å². The van der Waals surface area contributed by atoms with Gasteiger partial charge in [0.15, 0.2) is 11.5 Å². The third kappa shape index (κ3) is 3.55. The number of benzene rings is 2. The Morgan fingerprint density at radius 3 is 2.81 bits per heavy atom. The van der Waals surface area contributed by atoms with E-state index in [1.54, 1.807) is 42.5 Å². The van der Waals surface area contributed by atoms with Crippen molar-refractivity contribution in [3.63, 3.8) is 0 Å². The topological polar surface area (TPSA) is 106 Å². The summed E-state index contributed by atoms with van der Waals surface area (Å²) in [5.41, 5.74) is 1.44. The van der Waals surface area contributed by atoms with Gasteiger partial charge in [-0.05, 0) is 30.7 Å². The highest BCUT2D eigenvalue weighted by Crippen LogP contribution is 2.34. The molecule has 0 saturated heterocycles. The molecular weight excluding hydrogens is 350 g/mol. The molecule has 0 spiro atoms. The molecule has 3 N–H and O–H groups in total. The van der Waals surface area contributed by atoms with Crippen molar-refractivity contribution in [2.75, 3.05) is 17.4 Å². The average Bonchev–Trinajstić information content (AvgIpc) is 3.08. The van der Waals surface area contributed by atoms with Crippen molar-refractivity contribution in [1.82, 2.24) is 5.32 Å². The molecule has 0 fully saturated rings. The molecule has 2 aromatic rings. The van der Waals surface area contributed by atoms with Crippen molar-refractivity contribution < 1.29 is 23.9 Å². The summed E-state index contributed by atoms with van der Waals surface area (Å²) in [6.45, 7) is 0.158. The first kappa shape index (κ1) is 16.9. The van der Waals surface area contributed by atoms with Gasteiger partial charge in [0.25, 0.3) is 5.91 Å². The molecule has 2 aromatic carbocycles.